The molecule has 1 aromatic carbocycles. The Morgan fingerprint density at radius 2 is 1.84 bits per heavy atom. The van der Waals surface area contributed by atoms with Gasteiger partial charge in [0.05, 0.1) is 31.9 Å². The van der Waals surface area contributed by atoms with E-state index in [1.807, 2.05) is 0 Å². The van der Waals surface area contributed by atoms with E-state index in [0.717, 1.165) is 0 Å². The van der Waals surface area contributed by atoms with Gasteiger partial charge in [0.2, 0.25) is 0 Å². The van der Waals surface area contributed by atoms with Crippen LogP contribution in [0.25, 0.3) is 0 Å². The maximum absolute atomic E-state index is 12.1. The molecule has 0 saturated carbocycles. The van der Waals surface area contributed by atoms with Gasteiger partial charge in [-0.15, -0.1) is 0 Å². The van der Waals surface area contributed by atoms with Gasteiger partial charge in [-0.1, -0.05) is 0 Å². The quantitative estimate of drug-likeness (QED) is 0.686. The Morgan fingerprint density at radius 1 is 1.32 bits per heavy atom. The van der Waals surface area contributed by atoms with E-state index in [2.05, 4.69) is 5.32 Å². The van der Waals surface area contributed by atoms with Crippen LogP contribution < -0.4 is 20.5 Å². The lowest BCUT2D eigenvalue weighted by Gasteiger charge is -2.24. The van der Waals surface area contributed by atoms with E-state index in [4.69, 9.17) is 20.3 Å². The Balaban J connectivity index is 3.10. The molecule has 106 valence electrons. The van der Waals surface area contributed by atoms with E-state index in [9.17, 15) is 4.79 Å². The van der Waals surface area contributed by atoms with Gasteiger partial charge in [-0.05, 0) is 19.9 Å². The van der Waals surface area contributed by atoms with Gasteiger partial charge in [-0.25, -0.2) is 0 Å². The van der Waals surface area contributed by atoms with Crippen LogP contribution in [0.5, 0.6) is 11.5 Å². The molecule has 6 nitrogen and oxygen atoms in total. The number of amides is 1. The number of rotatable bonds is 5. The molecule has 0 spiro atoms. The molecule has 0 aromatic heterocycles. The second-order valence-corrected chi connectivity index (χ2v) is 4.79. The number of hydrogen-bond acceptors (Lipinski definition) is 5. The Kier molecular flexibility index (Phi) is 4.61. The van der Waals surface area contributed by atoms with Crippen LogP contribution in [-0.2, 0) is 0 Å². The van der Waals surface area contributed by atoms with Crippen LogP contribution in [0, 0.1) is 0 Å². The number of nitrogens with one attached hydrogen (secondary N) is 1. The topological polar surface area (TPSA) is 93.8 Å². The Bertz CT molecular complexity index is 472. The van der Waals surface area contributed by atoms with Crippen LogP contribution in [0.4, 0.5) is 5.69 Å². The van der Waals surface area contributed by atoms with Crippen molar-refractivity contribution in [1.29, 1.82) is 0 Å². The number of nitrogen functional groups attached to an aromatic ring is 1. The Morgan fingerprint density at radius 3 is 2.32 bits per heavy atom. The molecule has 1 rings (SSSR count). The third-order valence-corrected chi connectivity index (χ3v) is 2.65. The van der Waals surface area contributed by atoms with Gasteiger partial charge in [-0.3, -0.25) is 4.79 Å². The SMILES string of the molecule is COc1cc(N)c(C(=O)NC(C)(C)CO)cc1OC. The van der Waals surface area contributed by atoms with Crippen molar-refractivity contribution in [2.24, 2.45) is 0 Å². The highest BCUT2D eigenvalue weighted by atomic mass is 16.5. The summed E-state index contributed by atoms with van der Waals surface area (Å²) in [4.78, 5) is 12.1. The number of ether oxygens (including phenoxy) is 2. The predicted octanol–water partition coefficient (Wildman–Crippen LogP) is 0.787. The number of hydrogen-bond donors (Lipinski definition) is 3. The van der Waals surface area contributed by atoms with Gasteiger partial charge in [0.15, 0.2) is 11.5 Å². The summed E-state index contributed by atoms with van der Waals surface area (Å²) in [5.74, 6) is 0.499. The van der Waals surface area contributed by atoms with E-state index < -0.39 is 5.54 Å². The first kappa shape index (κ1) is 15.1. The molecule has 0 aliphatic carbocycles. The number of aliphatic hydroxyl groups excluding tert-OH is 1. The van der Waals surface area contributed by atoms with Gasteiger partial charge >= 0.3 is 0 Å². The third-order valence-electron chi connectivity index (χ3n) is 2.65. The molecule has 0 saturated heterocycles. The van der Waals surface area contributed by atoms with E-state index in [0.29, 0.717) is 11.5 Å². The van der Waals surface area contributed by atoms with Crippen LogP contribution in [0.3, 0.4) is 0 Å². The monoisotopic (exact) mass is 268 g/mol. The maximum atomic E-state index is 12.1. The number of benzene rings is 1. The van der Waals surface area contributed by atoms with Gasteiger partial charge in [-0.2, -0.15) is 0 Å². The van der Waals surface area contributed by atoms with Gasteiger partial charge in [0.1, 0.15) is 0 Å². The molecule has 0 atom stereocenters. The normalized spacial score (nSPS) is 11.0. The van der Waals surface area contributed by atoms with Gasteiger partial charge in [0.25, 0.3) is 5.91 Å². The Labute approximate surface area is 112 Å². The molecule has 0 unspecified atom stereocenters. The molecule has 0 aliphatic heterocycles. The molecule has 4 N–H and O–H groups in total. The second kappa shape index (κ2) is 5.79. The van der Waals surface area contributed by atoms with Crippen molar-refractivity contribution in [3.8, 4) is 11.5 Å². The molecule has 6 heteroatoms. The summed E-state index contributed by atoms with van der Waals surface area (Å²) >= 11 is 0. The van der Waals surface area contributed by atoms with Crippen molar-refractivity contribution in [2.45, 2.75) is 19.4 Å². The number of aliphatic hydroxyl groups is 1. The standard InChI is InChI=1S/C13H20N2O4/c1-13(2,7-16)15-12(17)8-5-10(18-3)11(19-4)6-9(8)14/h5-6,16H,7,14H2,1-4H3,(H,15,17). The minimum Gasteiger partial charge on any atom is -0.493 e. The second-order valence-electron chi connectivity index (χ2n) is 4.79. The third kappa shape index (κ3) is 3.51. The number of carbonyl (C=O) groups excluding carboxylic acids is 1. The van der Waals surface area contributed by atoms with E-state index in [1.54, 1.807) is 13.8 Å². The fourth-order valence-corrected chi connectivity index (χ4v) is 1.51. The predicted molar refractivity (Wildman–Crippen MR) is 72.6 cm³/mol. The van der Waals surface area contributed by atoms with E-state index in [-0.39, 0.29) is 23.8 Å². The van der Waals surface area contributed by atoms with Crippen LogP contribution in [0.2, 0.25) is 0 Å². The average Bonchev–Trinajstić information content (AvgIpc) is 2.37. The molecule has 0 heterocycles. The van der Waals surface area contributed by atoms with Crippen molar-refractivity contribution >= 4 is 11.6 Å². The van der Waals surface area contributed by atoms with Crippen LogP contribution >= 0.6 is 0 Å². The maximum Gasteiger partial charge on any atom is 0.254 e. The number of anilines is 1. The number of methoxy groups -OCH3 is 2. The smallest absolute Gasteiger partial charge is 0.254 e. The van der Waals surface area contributed by atoms with Crippen molar-refractivity contribution in [2.75, 3.05) is 26.6 Å². The fraction of sp³-hybridized carbons (Fsp3) is 0.462. The molecule has 19 heavy (non-hydrogen) atoms. The largest absolute Gasteiger partial charge is 0.493 e. The highest BCUT2D eigenvalue weighted by Crippen LogP contribution is 2.32. The summed E-state index contributed by atoms with van der Waals surface area (Å²) in [6, 6.07) is 3.04. The molecule has 0 aliphatic rings. The molecular formula is C13H20N2O4. The lowest BCUT2D eigenvalue weighted by molar-refractivity contribution is 0.0870. The fourth-order valence-electron chi connectivity index (χ4n) is 1.51. The summed E-state index contributed by atoms with van der Waals surface area (Å²) in [5.41, 5.74) is 5.66. The van der Waals surface area contributed by atoms with Crippen LogP contribution in [0.1, 0.15) is 24.2 Å². The summed E-state index contributed by atoms with van der Waals surface area (Å²) in [7, 11) is 2.97. The summed E-state index contributed by atoms with van der Waals surface area (Å²) in [6.45, 7) is 3.25. The zero-order valence-corrected chi connectivity index (χ0v) is 11.6. The summed E-state index contributed by atoms with van der Waals surface area (Å²) < 4.78 is 10.2. The zero-order chi connectivity index (χ0) is 14.6. The molecule has 0 fully saturated rings. The molecule has 1 aromatic rings. The minimum absolute atomic E-state index is 0.175. The summed E-state index contributed by atoms with van der Waals surface area (Å²) in [6.07, 6.45) is 0. The first-order valence-electron chi connectivity index (χ1n) is 5.79. The molecule has 0 bridgehead atoms. The van der Waals surface area contributed by atoms with E-state index in [1.165, 1.54) is 26.4 Å². The highest BCUT2D eigenvalue weighted by Gasteiger charge is 2.22. The average molecular weight is 268 g/mol. The lowest BCUT2D eigenvalue weighted by Crippen LogP contribution is -2.46. The first-order chi connectivity index (χ1) is 8.84. The number of carbonyl (C=O) groups is 1. The van der Waals surface area contributed by atoms with Crippen LogP contribution in [0.15, 0.2) is 12.1 Å². The van der Waals surface area contributed by atoms with Gasteiger partial charge in [0, 0.05) is 11.8 Å². The first-order valence-corrected chi connectivity index (χ1v) is 5.79. The molecular weight excluding hydrogens is 248 g/mol. The van der Waals surface area contributed by atoms with E-state index >= 15 is 0 Å². The molecule has 1 amide bonds. The Hall–Kier alpha value is -1.95. The van der Waals surface area contributed by atoms with Gasteiger partial charge < -0.3 is 25.6 Å². The lowest BCUT2D eigenvalue weighted by atomic mass is 10.1. The highest BCUT2D eigenvalue weighted by molar-refractivity contribution is 6.00. The minimum atomic E-state index is -0.726. The van der Waals surface area contributed by atoms with Crippen molar-refractivity contribution in [3.05, 3.63) is 17.7 Å². The van der Waals surface area contributed by atoms with Crippen molar-refractivity contribution in [3.63, 3.8) is 0 Å². The van der Waals surface area contributed by atoms with Crippen molar-refractivity contribution < 1.29 is 19.4 Å². The summed E-state index contributed by atoms with van der Waals surface area (Å²) in [5, 5.41) is 11.8. The van der Waals surface area contributed by atoms with Crippen molar-refractivity contribution in [1.82, 2.24) is 5.32 Å². The van der Waals surface area contributed by atoms with Crippen LogP contribution in [-0.4, -0.2) is 37.4 Å². The zero-order valence-electron chi connectivity index (χ0n) is 11.6. The molecule has 0 radical (unpaired) electrons. The number of nitrogens with two attached hydrogens (primary N) is 1.